The van der Waals surface area contributed by atoms with E-state index in [-0.39, 0.29) is 0 Å². The van der Waals surface area contributed by atoms with Crippen molar-refractivity contribution in [2.45, 2.75) is 26.2 Å². The Morgan fingerprint density at radius 3 is 2.26 bits per heavy atom. The van der Waals surface area contributed by atoms with Crippen LogP contribution < -0.4 is 0 Å². The number of nitriles is 1. The van der Waals surface area contributed by atoms with Gasteiger partial charge in [0, 0.05) is 5.56 Å². The summed E-state index contributed by atoms with van der Waals surface area (Å²) in [4.78, 5) is 0. The third kappa shape index (κ3) is 3.15. The molecular weight excluding hydrogens is 302 g/mol. The Hall–Kier alpha value is -2.51. The Morgan fingerprint density at radius 1 is 0.957 bits per heavy atom. The molecule has 0 N–H and O–H groups in total. The van der Waals surface area contributed by atoms with Gasteiger partial charge in [-0.1, -0.05) is 53.8 Å². The average molecular weight is 319 g/mol. The van der Waals surface area contributed by atoms with Crippen LogP contribution in [0.3, 0.4) is 0 Å². The minimum atomic E-state index is -0.486. The average Bonchev–Trinajstić information content (AvgIpc) is 3.01. The van der Waals surface area contributed by atoms with Crippen molar-refractivity contribution in [2.75, 3.05) is 0 Å². The van der Waals surface area contributed by atoms with E-state index in [0.717, 1.165) is 32.3 Å². The molecule has 0 unspecified atom stereocenters. The number of rotatable bonds is 3. The molecule has 0 fully saturated rings. The maximum atomic E-state index is 9.31. The van der Waals surface area contributed by atoms with Gasteiger partial charge < -0.3 is 0 Å². The van der Waals surface area contributed by atoms with E-state index in [2.05, 4.69) is 52.7 Å². The number of nitrogens with zero attached hydrogens (tertiary/aromatic N) is 3. The summed E-state index contributed by atoms with van der Waals surface area (Å²) in [5, 5.41) is 19.5. The van der Waals surface area contributed by atoms with E-state index in [4.69, 9.17) is 0 Å². The van der Waals surface area contributed by atoms with Gasteiger partial charge in [-0.2, -0.15) is 5.26 Å². The normalized spacial score (nSPS) is 11.2. The summed E-state index contributed by atoms with van der Waals surface area (Å²) in [6.07, 6.45) is 0. The van der Waals surface area contributed by atoms with Gasteiger partial charge in [-0.25, -0.2) is 0 Å². The molecule has 1 heterocycles. The van der Waals surface area contributed by atoms with E-state index in [1.54, 1.807) is 11.3 Å². The van der Waals surface area contributed by atoms with Crippen LogP contribution in [0.5, 0.6) is 0 Å². The van der Waals surface area contributed by atoms with E-state index in [0.29, 0.717) is 0 Å². The van der Waals surface area contributed by atoms with Crippen LogP contribution in [-0.4, -0.2) is 10.2 Å². The number of hydrogen-bond donors (Lipinski definition) is 0. The molecule has 1 aromatic heterocycles. The molecule has 3 rings (SSSR count). The molecule has 3 aromatic rings. The minimum Gasteiger partial charge on any atom is -0.197 e. The first-order valence-corrected chi connectivity index (χ1v) is 8.24. The van der Waals surface area contributed by atoms with Crippen LogP contribution in [0.15, 0.2) is 48.5 Å². The fourth-order valence-electron chi connectivity index (χ4n) is 2.37. The minimum absolute atomic E-state index is 0.486. The standard InChI is InChI=1S/C19H17N3S/c1-13-21-22-18(23-13)15-9-7-14(8-10-15)16-5-4-6-17(11-16)19(2,3)12-20/h4-11H,1-3H3. The van der Waals surface area contributed by atoms with Gasteiger partial charge in [-0.05, 0) is 43.5 Å². The van der Waals surface area contributed by atoms with E-state index in [1.165, 1.54) is 0 Å². The van der Waals surface area contributed by atoms with Crippen LogP contribution in [0.1, 0.15) is 24.4 Å². The summed E-state index contributed by atoms with van der Waals surface area (Å²) in [6.45, 7) is 5.83. The second-order valence-corrected chi connectivity index (χ2v) is 7.20. The number of hydrogen-bond acceptors (Lipinski definition) is 4. The van der Waals surface area contributed by atoms with Gasteiger partial charge in [-0.15, -0.1) is 10.2 Å². The van der Waals surface area contributed by atoms with Gasteiger partial charge in [0.1, 0.15) is 10.0 Å². The Labute approximate surface area is 140 Å². The van der Waals surface area contributed by atoms with Gasteiger partial charge in [-0.3, -0.25) is 0 Å². The first kappa shape index (κ1) is 15.4. The zero-order valence-corrected chi connectivity index (χ0v) is 14.2. The van der Waals surface area contributed by atoms with Crippen LogP contribution >= 0.6 is 11.3 Å². The fourth-order valence-corrected chi connectivity index (χ4v) is 3.07. The lowest BCUT2D eigenvalue weighted by atomic mass is 9.85. The molecule has 0 saturated heterocycles. The second kappa shape index (κ2) is 5.94. The van der Waals surface area contributed by atoms with E-state index in [1.807, 2.05) is 32.9 Å². The summed E-state index contributed by atoms with van der Waals surface area (Å²) in [6, 6.07) is 18.8. The van der Waals surface area contributed by atoms with Gasteiger partial charge in [0.2, 0.25) is 0 Å². The molecular formula is C19H17N3S. The van der Waals surface area contributed by atoms with Gasteiger partial charge in [0.25, 0.3) is 0 Å². The Balaban J connectivity index is 1.94. The highest BCUT2D eigenvalue weighted by Gasteiger charge is 2.19. The molecule has 0 saturated carbocycles. The quantitative estimate of drug-likeness (QED) is 0.684. The van der Waals surface area contributed by atoms with Crippen molar-refractivity contribution < 1.29 is 0 Å². The van der Waals surface area contributed by atoms with Crippen molar-refractivity contribution in [2.24, 2.45) is 0 Å². The van der Waals surface area contributed by atoms with Crippen LogP contribution in [0.2, 0.25) is 0 Å². The van der Waals surface area contributed by atoms with Crippen LogP contribution in [-0.2, 0) is 5.41 Å². The Morgan fingerprint density at radius 2 is 1.65 bits per heavy atom. The second-order valence-electron chi connectivity index (χ2n) is 6.02. The third-order valence-corrected chi connectivity index (χ3v) is 4.74. The first-order valence-electron chi connectivity index (χ1n) is 7.42. The summed E-state index contributed by atoms with van der Waals surface area (Å²) in [5.74, 6) is 0. The molecule has 0 aliphatic carbocycles. The summed E-state index contributed by atoms with van der Waals surface area (Å²) >= 11 is 1.59. The summed E-state index contributed by atoms with van der Waals surface area (Å²) in [5.41, 5.74) is 3.87. The van der Waals surface area contributed by atoms with Crippen molar-refractivity contribution in [3.63, 3.8) is 0 Å². The van der Waals surface area contributed by atoms with Crippen molar-refractivity contribution in [3.8, 4) is 27.8 Å². The smallest absolute Gasteiger partial charge is 0.147 e. The van der Waals surface area contributed by atoms with Crippen molar-refractivity contribution in [1.82, 2.24) is 10.2 Å². The van der Waals surface area contributed by atoms with Gasteiger partial charge in [0.15, 0.2) is 0 Å². The first-order chi connectivity index (χ1) is 11.0. The van der Waals surface area contributed by atoms with E-state index in [9.17, 15) is 5.26 Å². The van der Waals surface area contributed by atoms with E-state index >= 15 is 0 Å². The molecule has 0 aliphatic rings. The highest BCUT2D eigenvalue weighted by Crippen LogP contribution is 2.30. The SMILES string of the molecule is Cc1nnc(-c2ccc(-c3cccc(C(C)(C)C#N)c3)cc2)s1. The molecule has 0 aliphatic heterocycles. The zero-order chi connectivity index (χ0) is 16.4. The molecule has 2 aromatic carbocycles. The molecule has 23 heavy (non-hydrogen) atoms. The highest BCUT2D eigenvalue weighted by molar-refractivity contribution is 7.14. The third-order valence-electron chi connectivity index (χ3n) is 3.85. The Kier molecular flexibility index (Phi) is 3.97. The number of aryl methyl sites for hydroxylation is 1. The summed E-state index contributed by atoms with van der Waals surface area (Å²) < 4.78 is 0. The molecule has 0 atom stereocenters. The van der Waals surface area contributed by atoms with E-state index < -0.39 is 5.41 Å². The molecule has 0 amide bonds. The van der Waals surface area contributed by atoms with Crippen LogP contribution in [0.4, 0.5) is 0 Å². The number of benzene rings is 2. The maximum absolute atomic E-state index is 9.31. The van der Waals surface area contributed by atoms with Gasteiger partial charge >= 0.3 is 0 Å². The van der Waals surface area contributed by atoms with Crippen molar-refractivity contribution in [1.29, 1.82) is 5.26 Å². The van der Waals surface area contributed by atoms with Crippen molar-refractivity contribution >= 4 is 11.3 Å². The topological polar surface area (TPSA) is 49.6 Å². The number of aromatic nitrogens is 2. The van der Waals surface area contributed by atoms with Crippen LogP contribution in [0.25, 0.3) is 21.7 Å². The molecule has 4 heteroatoms. The molecule has 3 nitrogen and oxygen atoms in total. The monoisotopic (exact) mass is 319 g/mol. The highest BCUT2D eigenvalue weighted by atomic mass is 32.1. The van der Waals surface area contributed by atoms with Crippen molar-refractivity contribution in [3.05, 3.63) is 59.1 Å². The molecule has 0 spiro atoms. The lowest BCUT2D eigenvalue weighted by Crippen LogP contribution is -2.13. The largest absolute Gasteiger partial charge is 0.197 e. The van der Waals surface area contributed by atoms with Crippen LogP contribution in [0, 0.1) is 18.3 Å². The molecule has 114 valence electrons. The molecule has 0 radical (unpaired) electrons. The lowest BCUT2D eigenvalue weighted by Gasteiger charge is -2.16. The van der Waals surface area contributed by atoms with Gasteiger partial charge in [0.05, 0.1) is 11.5 Å². The predicted molar refractivity (Wildman–Crippen MR) is 94.2 cm³/mol. The summed E-state index contributed by atoms with van der Waals surface area (Å²) in [7, 11) is 0. The predicted octanol–water partition coefficient (Wildman–Crippen LogP) is 4.98. The Bertz CT molecular complexity index is 870. The molecule has 0 bridgehead atoms. The zero-order valence-electron chi connectivity index (χ0n) is 13.4. The lowest BCUT2D eigenvalue weighted by molar-refractivity contribution is 0.687. The fraction of sp³-hybridized carbons (Fsp3) is 0.211. The maximum Gasteiger partial charge on any atom is 0.147 e.